The molecule has 0 radical (unpaired) electrons. The zero-order valence-corrected chi connectivity index (χ0v) is 10.8. The highest BCUT2D eigenvalue weighted by atomic mass is 15.0. The third kappa shape index (κ3) is 2.86. The van der Waals surface area contributed by atoms with Crippen LogP contribution in [-0.2, 0) is 5.41 Å². The maximum absolute atomic E-state index is 2.37. The first-order valence-electron chi connectivity index (χ1n) is 6.29. The van der Waals surface area contributed by atoms with E-state index in [4.69, 9.17) is 0 Å². The molecule has 0 bridgehead atoms. The summed E-state index contributed by atoms with van der Waals surface area (Å²) >= 11 is 0. The number of allylic oxidation sites excluding steroid dienone is 4. The lowest BCUT2D eigenvalue weighted by Gasteiger charge is -2.31. The number of hydrogen-bond donors (Lipinski definition) is 0. The highest BCUT2D eigenvalue weighted by molar-refractivity contribution is 5.39. The molecule has 2 rings (SSSR count). The molecule has 1 aromatic carbocycles. The Bertz CT molecular complexity index is 389. The van der Waals surface area contributed by atoms with Crippen LogP contribution in [-0.4, -0.2) is 25.5 Å². The Kier molecular flexibility index (Phi) is 3.80. The molecule has 0 spiro atoms. The minimum absolute atomic E-state index is 0.101. The number of hydrogen-bond acceptors (Lipinski definition) is 1. The van der Waals surface area contributed by atoms with Gasteiger partial charge in [0, 0.05) is 5.41 Å². The Balaban J connectivity index is 2.27. The third-order valence-electron chi connectivity index (χ3n) is 3.39. The second kappa shape index (κ2) is 5.33. The minimum atomic E-state index is 0.101. The molecule has 0 N–H and O–H groups in total. The highest BCUT2D eigenvalue weighted by Crippen LogP contribution is 2.34. The summed E-state index contributed by atoms with van der Waals surface area (Å²) in [7, 11) is 4.27. The Labute approximate surface area is 104 Å². The van der Waals surface area contributed by atoms with Crippen LogP contribution in [0.25, 0.3) is 0 Å². The normalized spacial score (nSPS) is 17.6. The van der Waals surface area contributed by atoms with Gasteiger partial charge in [0.15, 0.2) is 0 Å². The molecule has 1 aliphatic rings. The quantitative estimate of drug-likeness (QED) is 0.713. The zero-order valence-electron chi connectivity index (χ0n) is 10.8. The second-order valence-corrected chi connectivity index (χ2v) is 5.00. The van der Waals surface area contributed by atoms with Crippen molar-refractivity contribution in [1.29, 1.82) is 0 Å². The van der Waals surface area contributed by atoms with E-state index in [1.165, 1.54) is 5.56 Å². The average molecular weight is 227 g/mol. The summed E-state index contributed by atoms with van der Waals surface area (Å²) in [5.41, 5.74) is 1.50. The fraction of sp³-hybridized carbons (Fsp3) is 0.375. The molecule has 1 aliphatic carbocycles. The number of nitrogens with zero attached hydrogens (tertiary/aromatic N) is 1. The van der Waals surface area contributed by atoms with Crippen LogP contribution in [0.3, 0.4) is 0 Å². The van der Waals surface area contributed by atoms with Gasteiger partial charge in [-0.2, -0.15) is 0 Å². The Morgan fingerprint density at radius 2 is 1.71 bits per heavy atom. The minimum Gasteiger partial charge on any atom is -0.309 e. The second-order valence-electron chi connectivity index (χ2n) is 5.00. The van der Waals surface area contributed by atoms with Crippen molar-refractivity contribution in [2.24, 2.45) is 0 Å². The summed E-state index contributed by atoms with van der Waals surface area (Å²) in [6, 6.07) is 10.8. The van der Waals surface area contributed by atoms with Gasteiger partial charge >= 0.3 is 0 Å². The lowest BCUT2D eigenvalue weighted by atomic mass is 9.75. The molecule has 17 heavy (non-hydrogen) atoms. The summed E-state index contributed by atoms with van der Waals surface area (Å²) in [4.78, 5) is 2.25. The van der Waals surface area contributed by atoms with E-state index in [-0.39, 0.29) is 5.41 Å². The van der Waals surface area contributed by atoms with Crippen LogP contribution in [0.1, 0.15) is 18.4 Å². The summed E-state index contributed by atoms with van der Waals surface area (Å²) in [5, 5.41) is 0. The van der Waals surface area contributed by atoms with Gasteiger partial charge < -0.3 is 4.90 Å². The van der Waals surface area contributed by atoms with Gasteiger partial charge in [0.05, 0.1) is 0 Å². The first-order chi connectivity index (χ1) is 8.23. The molecule has 1 aromatic rings. The van der Waals surface area contributed by atoms with E-state index in [1.807, 2.05) is 0 Å². The Hall–Kier alpha value is -1.34. The van der Waals surface area contributed by atoms with Crippen molar-refractivity contribution < 1.29 is 0 Å². The van der Waals surface area contributed by atoms with Gasteiger partial charge in [0.2, 0.25) is 0 Å². The molecule has 0 amide bonds. The first kappa shape index (κ1) is 12.1. The van der Waals surface area contributed by atoms with Gasteiger partial charge in [-0.15, -0.1) is 0 Å². The van der Waals surface area contributed by atoms with Crippen LogP contribution in [0.15, 0.2) is 54.6 Å². The lowest BCUT2D eigenvalue weighted by molar-refractivity contribution is 0.371. The van der Waals surface area contributed by atoms with Crippen molar-refractivity contribution >= 4 is 0 Å². The maximum atomic E-state index is 2.37. The van der Waals surface area contributed by atoms with E-state index >= 15 is 0 Å². The number of rotatable bonds is 4. The topological polar surface area (TPSA) is 3.24 Å². The molecule has 0 unspecified atom stereocenters. The monoisotopic (exact) mass is 227 g/mol. The third-order valence-corrected chi connectivity index (χ3v) is 3.39. The summed E-state index contributed by atoms with van der Waals surface area (Å²) in [6.07, 6.45) is 11.5. The molecule has 90 valence electrons. The van der Waals surface area contributed by atoms with Crippen molar-refractivity contribution in [3.05, 3.63) is 60.2 Å². The van der Waals surface area contributed by atoms with E-state index in [2.05, 4.69) is 73.6 Å². The molecule has 0 fully saturated rings. The molecule has 0 aromatic heterocycles. The van der Waals surface area contributed by atoms with Crippen LogP contribution in [0, 0.1) is 0 Å². The van der Waals surface area contributed by atoms with Gasteiger partial charge in [0.25, 0.3) is 0 Å². The van der Waals surface area contributed by atoms with E-state index in [1.54, 1.807) is 0 Å². The van der Waals surface area contributed by atoms with E-state index in [9.17, 15) is 0 Å². The fourth-order valence-electron chi connectivity index (χ4n) is 2.35. The van der Waals surface area contributed by atoms with E-state index in [0.29, 0.717) is 0 Å². The van der Waals surface area contributed by atoms with Crippen molar-refractivity contribution in [3.8, 4) is 0 Å². The van der Waals surface area contributed by atoms with Crippen molar-refractivity contribution in [2.45, 2.75) is 18.3 Å². The van der Waals surface area contributed by atoms with Crippen LogP contribution in [0.2, 0.25) is 0 Å². The van der Waals surface area contributed by atoms with Gasteiger partial charge in [0.1, 0.15) is 0 Å². The summed E-state index contributed by atoms with van der Waals surface area (Å²) in [5.74, 6) is 0. The maximum Gasteiger partial charge on any atom is 0.0324 e. The van der Waals surface area contributed by atoms with E-state index in [0.717, 1.165) is 19.4 Å². The molecule has 0 atom stereocenters. The molecule has 1 nitrogen and oxygen atoms in total. The fourth-order valence-corrected chi connectivity index (χ4v) is 2.35. The molecule has 0 saturated heterocycles. The van der Waals surface area contributed by atoms with Gasteiger partial charge in [-0.05, 0) is 39.0 Å². The molecule has 0 aliphatic heterocycles. The van der Waals surface area contributed by atoms with Crippen LogP contribution >= 0.6 is 0 Å². The first-order valence-corrected chi connectivity index (χ1v) is 6.29. The number of benzene rings is 1. The molecule has 0 saturated carbocycles. The molecular formula is C16H21N. The van der Waals surface area contributed by atoms with Crippen molar-refractivity contribution in [1.82, 2.24) is 4.90 Å². The molecule has 0 heterocycles. The highest BCUT2D eigenvalue weighted by Gasteiger charge is 2.27. The standard InChI is InChI=1S/C16H21N/c1-17(2)14-13-16(11-7-4-8-12-16)15-9-5-3-6-10-15/h3,5-12H,4,13-14H2,1-2H3. The van der Waals surface area contributed by atoms with E-state index < -0.39 is 0 Å². The van der Waals surface area contributed by atoms with Crippen LogP contribution < -0.4 is 0 Å². The Morgan fingerprint density at radius 3 is 2.29 bits per heavy atom. The zero-order chi connectivity index (χ0) is 12.1. The predicted molar refractivity (Wildman–Crippen MR) is 74.2 cm³/mol. The summed E-state index contributed by atoms with van der Waals surface area (Å²) < 4.78 is 0. The van der Waals surface area contributed by atoms with Crippen LogP contribution in [0.5, 0.6) is 0 Å². The molecule has 1 heteroatoms. The Morgan fingerprint density at radius 1 is 1.06 bits per heavy atom. The van der Waals surface area contributed by atoms with Gasteiger partial charge in [-0.3, -0.25) is 0 Å². The van der Waals surface area contributed by atoms with Gasteiger partial charge in [-0.1, -0.05) is 54.6 Å². The summed E-state index contributed by atoms with van der Waals surface area (Å²) in [6.45, 7) is 1.10. The van der Waals surface area contributed by atoms with Crippen molar-refractivity contribution in [3.63, 3.8) is 0 Å². The lowest BCUT2D eigenvalue weighted by Crippen LogP contribution is -2.28. The average Bonchev–Trinajstić information content (AvgIpc) is 2.39. The van der Waals surface area contributed by atoms with Crippen molar-refractivity contribution in [2.75, 3.05) is 20.6 Å². The predicted octanol–water partition coefficient (Wildman–Crippen LogP) is 3.39. The molecular weight excluding hydrogens is 206 g/mol. The largest absolute Gasteiger partial charge is 0.309 e. The SMILES string of the molecule is CN(C)CCC1(c2ccccc2)C=CCC=C1. The van der Waals surface area contributed by atoms with Gasteiger partial charge in [-0.25, -0.2) is 0 Å². The van der Waals surface area contributed by atoms with Crippen LogP contribution in [0.4, 0.5) is 0 Å². The smallest absolute Gasteiger partial charge is 0.0324 e.